The van der Waals surface area contributed by atoms with Crippen molar-refractivity contribution in [3.8, 4) is 5.69 Å². The van der Waals surface area contributed by atoms with Crippen LogP contribution >= 0.6 is 0 Å². The molecular formula is C17H16N4O. The molecule has 1 aliphatic carbocycles. The van der Waals surface area contributed by atoms with Crippen molar-refractivity contribution in [2.75, 3.05) is 5.73 Å². The third-order valence-corrected chi connectivity index (χ3v) is 4.31. The Bertz CT molecular complexity index is 915. The summed E-state index contributed by atoms with van der Waals surface area (Å²) in [6.07, 6.45) is 5.20. The van der Waals surface area contributed by atoms with Crippen LogP contribution in [0.5, 0.6) is 0 Å². The number of rotatable bonds is 1. The second-order valence-corrected chi connectivity index (χ2v) is 5.60. The maximum atomic E-state index is 13.0. The van der Waals surface area contributed by atoms with Crippen LogP contribution < -0.4 is 11.3 Å². The Hall–Kier alpha value is -2.69. The Balaban J connectivity index is 2.20. The average Bonchev–Trinajstić information content (AvgIpc) is 2.56. The normalized spacial score (nSPS) is 14.0. The minimum Gasteiger partial charge on any atom is -0.383 e. The van der Waals surface area contributed by atoms with E-state index in [0.29, 0.717) is 11.5 Å². The third kappa shape index (κ3) is 1.82. The molecule has 0 saturated heterocycles. The molecule has 5 nitrogen and oxygen atoms in total. The van der Waals surface area contributed by atoms with Gasteiger partial charge in [0.2, 0.25) is 0 Å². The molecule has 2 aromatic heterocycles. The number of hydrogen-bond acceptors (Lipinski definition) is 4. The Labute approximate surface area is 127 Å². The van der Waals surface area contributed by atoms with Crippen LogP contribution in [0.25, 0.3) is 16.7 Å². The number of anilines is 1. The number of hydrogen-bond donors (Lipinski definition) is 1. The summed E-state index contributed by atoms with van der Waals surface area (Å²) in [6.45, 7) is 0. The van der Waals surface area contributed by atoms with Crippen molar-refractivity contribution in [2.45, 2.75) is 25.7 Å². The summed E-state index contributed by atoms with van der Waals surface area (Å²) in [6, 6.07) is 9.58. The van der Waals surface area contributed by atoms with E-state index in [0.717, 1.165) is 47.9 Å². The number of benzene rings is 1. The molecule has 0 saturated carbocycles. The molecular weight excluding hydrogens is 276 g/mol. The molecule has 22 heavy (non-hydrogen) atoms. The minimum atomic E-state index is 0.0199. The Morgan fingerprint density at radius 1 is 1.00 bits per heavy atom. The molecule has 0 unspecified atom stereocenters. The molecule has 0 bridgehead atoms. The van der Waals surface area contributed by atoms with Crippen LogP contribution in [-0.2, 0) is 12.8 Å². The molecule has 2 heterocycles. The summed E-state index contributed by atoms with van der Waals surface area (Å²) >= 11 is 0. The van der Waals surface area contributed by atoms with Gasteiger partial charge in [-0.2, -0.15) is 0 Å². The number of pyridine rings is 1. The Kier molecular flexibility index (Phi) is 2.92. The molecule has 110 valence electrons. The van der Waals surface area contributed by atoms with Gasteiger partial charge in [0.05, 0.1) is 11.1 Å². The fraction of sp³-hybridized carbons (Fsp3) is 0.235. The van der Waals surface area contributed by atoms with E-state index < -0.39 is 0 Å². The average molecular weight is 292 g/mol. The summed E-state index contributed by atoms with van der Waals surface area (Å²) in [7, 11) is 0. The fourth-order valence-electron chi connectivity index (χ4n) is 3.31. The molecule has 5 heteroatoms. The second kappa shape index (κ2) is 4.94. The predicted molar refractivity (Wildman–Crippen MR) is 86.2 cm³/mol. The highest BCUT2D eigenvalue weighted by Crippen LogP contribution is 2.29. The highest BCUT2D eigenvalue weighted by Gasteiger charge is 2.22. The first kappa shape index (κ1) is 13.0. The maximum Gasteiger partial charge on any atom is 0.260 e. The van der Waals surface area contributed by atoms with E-state index in [1.54, 1.807) is 4.57 Å². The van der Waals surface area contributed by atoms with E-state index in [1.165, 1.54) is 6.33 Å². The number of nitrogen functional groups attached to an aromatic ring is 1. The van der Waals surface area contributed by atoms with Crippen LogP contribution in [0.15, 0.2) is 41.5 Å². The zero-order valence-electron chi connectivity index (χ0n) is 12.1. The lowest BCUT2D eigenvalue weighted by atomic mass is 9.90. The summed E-state index contributed by atoms with van der Waals surface area (Å²) in [5, 5.41) is 0.834. The predicted octanol–water partition coefficient (Wildman–Crippen LogP) is 2.24. The van der Waals surface area contributed by atoms with Gasteiger partial charge in [-0.25, -0.2) is 9.97 Å². The zero-order chi connectivity index (χ0) is 15.1. The molecule has 0 amide bonds. The number of nitrogens with two attached hydrogens (primary N) is 1. The summed E-state index contributed by atoms with van der Waals surface area (Å²) < 4.78 is 1.66. The monoisotopic (exact) mass is 292 g/mol. The SMILES string of the molecule is Nc1ncnc2c1c1c(c(=O)n2-c2ccccc2)CCCC1. The van der Waals surface area contributed by atoms with Crippen LogP contribution in [0.1, 0.15) is 24.0 Å². The van der Waals surface area contributed by atoms with E-state index >= 15 is 0 Å². The van der Waals surface area contributed by atoms with E-state index in [1.807, 2.05) is 30.3 Å². The van der Waals surface area contributed by atoms with Crippen molar-refractivity contribution in [3.63, 3.8) is 0 Å². The molecule has 3 aromatic rings. The minimum absolute atomic E-state index is 0.0199. The van der Waals surface area contributed by atoms with Gasteiger partial charge in [0.25, 0.3) is 5.56 Å². The van der Waals surface area contributed by atoms with Crippen molar-refractivity contribution >= 4 is 16.9 Å². The number of aryl methyl sites for hydroxylation is 1. The van der Waals surface area contributed by atoms with Gasteiger partial charge in [-0.15, -0.1) is 0 Å². The molecule has 1 aromatic carbocycles. The standard InChI is InChI=1S/C17H16N4O/c18-15-14-12-8-4-5-9-13(12)17(22)21(16(14)20-10-19-15)11-6-2-1-3-7-11/h1-3,6-7,10H,4-5,8-9H2,(H2,18,19,20). The molecule has 0 aliphatic heterocycles. The lowest BCUT2D eigenvalue weighted by molar-refractivity contribution is 0.677. The second-order valence-electron chi connectivity index (χ2n) is 5.60. The molecule has 0 atom stereocenters. The van der Waals surface area contributed by atoms with Crippen molar-refractivity contribution in [3.05, 3.63) is 58.1 Å². The van der Waals surface area contributed by atoms with Crippen LogP contribution in [0.3, 0.4) is 0 Å². The van der Waals surface area contributed by atoms with Crippen LogP contribution in [-0.4, -0.2) is 14.5 Å². The Morgan fingerprint density at radius 3 is 2.50 bits per heavy atom. The first-order valence-corrected chi connectivity index (χ1v) is 7.50. The van der Waals surface area contributed by atoms with E-state index in [-0.39, 0.29) is 5.56 Å². The molecule has 2 N–H and O–H groups in total. The highest BCUT2D eigenvalue weighted by molar-refractivity contribution is 5.90. The van der Waals surface area contributed by atoms with Crippen molar-refractivity contribution in [1.82, 2.24) is 14.5 Å². The summed E-state index contributed by atoms with van der Waals surface area (Å²) in [5.41, 5.74) is 9.44. The van der Waals surface area contributed by atoms with Gasteiger partial charge < -0.3 is 5.73 Å². The van der Waals surface area contributed by atoms with Crippen LogP contribution in [0, 0.1) is 0 Å². The van der Waals surface area contributed by atoms with Gasteiger partial charge in [-0.3, -0.25) is 9.36 Å². The first-order chi connectivity index (χ1) is 10.8. The quantitative estimate of drug-likeness (QED) is 0.746. The smallest absolute Gasteiger partial charge is 0.260 e. The van der Waals surface area contributed by atoms with Crippen molar-refractivity contribution in [2.24, 2.45) is 0 Å². The van der Waals surface area contributed by atoms with Crippen LogP contribution in [0.4, 0.5) is 5.82 Å². The molecule has 0 fully saturated rings. The van der Waals surface area contributed by atoms with Crippen LogP contribution in [0.2, 0.25) is 0 Å². The molecule has 1 aliphatic rings. The third-order valence-electron chi connectivity index (χ3n) is 4.31. The summed E-state index contributed by atoms with van der Waals surface area (Å²) in [4.78, 5) is 21.5. The topological polar surface area (TPSA) is 73.8 Å². The van der Waals surface area contributed by atoms with E-state index in [9.17, 15) is 4.79 Å². The number of fused-ring (bicyclic) bond motifs is 3. The fourth-order valence-corrected chi connectivity index (χ4v) is 3.31. The largest absolute Gasteiger partial charge is 0.383 e. The van der Waals surface area contributed by atoms with Crippen molar-refractivity contribution < 1.29 is 0 Å². The van der Waals surface area contributed by atoms with Gasteiger partial charge in [0.15, 0.2) is 5.65 Å². The van der Waals surface area contributed by atoms with Gasteiger partial charge in [0.1, 0.15) is 12.1 Å². The zero-order valence-corrected chi connectivity index (χ0v) is 12.1. The number of nitrogens with zero attached hydrogens (tertiary/aromatic N) is 3. The molecule has 0 radical (unpaired) electrons. The van der Waals surface area contributed by atoms with Gasteiger partial charge >= 0.3 is 0 Å². The molecule has 4 rings (SSSR count). The van der Waals surface area contributed by atoms with Crippen molar-refractivity contribution in [1.29, 1.82) is 0 Å². The lowest BCUT2D eigenvalue weighted by Crippen LogP contribution is -2.27. The summed E-state index contributed by atoms with van der Waals surface area (Å²) in [5.74, 6) is 0.452. The highest BCUT2D eigenvalue weighted by atomic mass is 16.1. The van der Waals surface area contributed by atoms with Gasteiger partial charge in [0, 0.05) is 5.56 Å². The number of aromatic nitrogens is 3. The van der Waals surface area contributed by atoms with E-state index in [2.05, 4.69) is 9.97 Å². The first-order valence-electron chi connectivity index (χ1n) is 7.50. The van der Waals surface area contributed by atoms with E-state index in [4.69, 9.17) is 5.73 Å². The maximum absolute atomic E-state index is 13.0. The number of para-hydroxylation sites is 1. The van der Waals surface area contributed by atoms with Gasteiger partial charge in [-0.05, 0) is 43.4 Å². The molecule has 0 spiro atoms. The van der Waals surface area contributed by atoms with Gasteiger partial charge in [-0.1, -0.05) is 18.2 Å². The Morgan fingerprint density at radius 2 is 1.73 bits per heavy atom. The lowest BCUT2D eigenvalue weighted by Gasteiger charge is -2.20.